The molecule has 1 aromatic heterocycles. The van der Waals surface area contributed by atoms with Gasteiger partial charge in [0.25, 0.3) is 0 Å². The number of carbonyl (C=O) groups excluding carboxylic acids is 1. The highest BCUT2D eigenvalue weighted by Crippen LogP contribution is 2.39. The smallest absolute Gasteiger partial charge is 0.240 e. The molecule has 33 heavy (non-hydrogen) atoms. The topological polar surface area (TPSA) is 79.4 Å². The Morgan fingerprint density at radius 3 is 2.55 bits per heavy atom. The summed E-state index contributed by atoms with van der Waals surface area (Å²) in [5.41, 5.74) is 2.18. The minimum absolute atomic E-state index is 0.1000. The second kappa shape index (κ2) is 11.1. The normalized spacial score (nSPS) is 21.0. The SMILES string of the molecule is CC1=CC(CNS(=O)(=O)c2ccccc2)C(C(C)C)CC1CC(=O)N(C)Cc1cccnc1. The van der Waals surface area contributed by atoms with Crippen molar-refractivity contribution in [2.45, 2.75) is 45.1 Å². The van der Waals surface area contributed by atoms with Gasteiger partial charge in [0.15, 0.2) is 0 Å². The largest absolute Gasteiger partial charge is 0.341 e. The van der Waals surface area contributed by atoms with Crippen LogP contribution >= 0.6 is 0 Å². The summed E-state index contributed by atoms with van der Waals surface area (Å²) in [4.78, 5) is 19.1. The Kier molecular flexibility index (Phi) is 8.43. The second-order valence-electron chi connectivity index (χ2n) is 9.40. The number of sulfonamides is 1. The minimum atomic E-state index is -3.54. The van der Waals surface area contributed by atoms with Gasteiger partial charge in [0.05, 0.1) is 4.90 Å². The van der Waals surface area contributed by atoms with Crippen LogP contribution in [0.4, 0.5) is 0 Å². The maximum Gasteiger partial charge on any atom is 0.240 e. The number of rotatable bonds is 9. The molecule has 2 aromatic rings. The lowest BCUT2D eigenvalue weighted by atomic mass is 9.70. The lowest BCUT2D eigenvalue weighted by Crippen LogP contribution is -2.38. The van der Waals surface area contributed by atoms with E-state index in [4.69, 9.17) is 0 Å². The maximum absolute atomic E-state index is 12.9. The van der Waals surface area contributed by atoms with Gasteiger partial charge in [-0.15, -0.1) is 0 Å². The van der Waals surface area contributed by atoms with Gasteiger partial charge >= 0.3 is 0 Å². The molecule has 0 aliphatic heterocycles. The van der Waals surface area contributed by atoms with E-state index in [-0.39, 0.29) is 22.6 Å². The Morgan fingerprint density at radius 1 is 1.18 bits per heavy atom. The van der Waals surface area contributed by atoms with Crippen LogP contribution in [-0.2, 0) is 21.4 Å². The summed E-state index contributed by atoms with van der Waals surface area (Å²) < 4.78 is 28.2. The molecule has 3 unspecified atom stereocenters. The van der Waals surface area contributed by atoms with Crippen LogP contribution in [0.15, 0.2) is 71.4 Å². The average molecular weight is 470 g/mol. The van der Waals surface area contributed by atoms with Crippen molar-refractivity contribution in [2.24, 2.45) is 23.7 Å². The molecule has 0 fully saturated rings. The van der Waals surface area contributed by atoms with Crippen LogP contribution in [0.25, 0.3) is 0 Å². The quantitative estimate of drug-likeness (QED) is 0.557. The van der Waals surface area contributed by atoms with E-state index in [1.54, 1.807) is 47.6 Å². The highest BCUT2D eigenvalue weighted by atomic mass is 32.2. The monoisotopic (exact) mass is 469 g/mol. The summed E-state index contributed by atoms with van der Waals surface area (Å²) in [6.45, 7) is 7.31. The average Bonchev–Trinajstić information content (AvgIpc) is 2.80. The van der Waals surface area contributed by atoms with Crippen molar-refractivity contribution in [2.75, 3.05) is 13.6 Å². The van der Waals surface area contributed by atoms with Crippen LogP contribution in [0, 0.1) is 23.7 Å². The molecular weight excluding hydrogens is 434 g/mol. The summed E-state index contributed by atoms with van der Waals surface area (Å²) in [5, 5.41) is 0. The Balaban J connectivity index is 1.65. The van der Waals surface area contributed by atoms with E-state index in [1.807, 2.05) is 19.2 Å². The van der Waals surface area contributed by atoms with Crippen LogP contribution in [0.1, 0.15) is 39.2 Å². The summed E-state index contributed by atoms with van der Waals surface area (Å²) in [6.07, 6.45) is 7.03. The first kappa shape index (κ1) is 25.1. The second-order valence-corrected chi connectivity index (χ2v) is 11.2. The van der Waals surface area contributed by atoms with E-state index in [1.165, 1.54) is 5.57 Å². The number of allylic oxidation sites excluding steroid dienone is 1. The molecular formula is C26H35N3O3S. The Morgan fingerprint density at radius 2 is 1.91 bits per heavy atom. The molecule has 178 valence electrons. The third-order valence-corrected chi connectivity index (χ3v) is 8.08. The summed E-state index contributed by atoms with van der Waals surface area (Å²) in [5.74, 6) is 1.06. The van der Waals surface area contributed by atoms with Gasteiger partial charge in [0.1, 0.15) is 0 Å². The van der Waals surface area contributed by atoms with E-state index in [0.717, 1.165) is 12.0 Å². The number of benzene rings is 1. The van der Waals surface area contributed by atoms with Crippen molar-refractivity contribution < 1.29 is 13.2 Å². The highest BCUT2D eigenvalue weighted by Gasteiger charge is 2.33. The van der Waals surface area contributed by atoms with Gasteiger partial charge in [0, 0.05) is 39.0 Å². The predicted molar refractivity (Wildman–Crippen MR) is 131 cm³/mol. The van der Waals surface area contributed by atoms with E-state index >= 15 is 0 Å². The number of aromatic nitrogens is 1. The zero-order chi connectivity index (χ0) is 24.0. The van der Waals surface area contributed by atoms with Crippen LogP contribution in [0.2, 0.25) is 0 Å². The van der Waals surface area contributed by atoms with E-state index in [0.29, 0.717) is 31.3 Å². The predicted octanol–water partition coefficient (Wildman–Crippen LogP) is 4.26. The van der Waals surface area contributed by atoms with Crippen molar-refractivity contribution in [3.63, 3.8) is 0 Å². The van der Waals surface area contributed by atoms with Gasteiger partial charge in [-0.2, -0.15) is 0 Å². The van der Waals surface area contributed by atoms with E-state index < -0.39 is 10.0 Å². The minimum Gasteiger partial charge on any atom is -0.341 e. The molecule has 0 radical (unpaired) electrons. The molecule has 1 N–H and O–H groups in total. The molecule has 1 amide bonds. The van der Waals surface area contributed by atoms with Crippen molar-refractivity contribution >= 4 is 15.9 Å². The molecule has 1 heterocycles. The van der Waals surface area contributed by atoms with E-state index in [2.05, 4.69) is 36.6 Å². The number of hydrogen-bond acceptors (Lipinski definition) is 4. The van der Waals surface area contributed by atoms with Crippen LogP contribution in [0.5, 0.6) is 0 Å². The highest BCUT2D eigenvalue weighted by molar-refractivity contribution is 7.89. The number of carbonyl (C=O) groups is 1. The van der Waals surface area contributed by atoms with Crippen LogP contribution in [0.3, 0.4) is 0 Å². The van der Waals surface area contributed by atoms with Gasteiger partial charge in [-0.3, -0.25) is 9.78 Å². The number of amides is 1. The zero-order valence-electron chi connectivity index (χ0n) is 19.9. The van der Waals surface area contributed by atoms with Gasteiger partial charge < -0.3 is 4.90 Å². The fourth-order valence-corrected chi connectivity index (χ4v) is 5.71. The standard InChI is InChI=1S/C26H35N3O3S/c1-19(2)25-14-22(15-26(30)29(4)18-21-9-8-12-27-16-21)20(3)13-23(25)17-28-33(31,32)24-10-6-5-7-11-24/h5-13,16,19,22-23,25,28H,14-15,17-18H2,1-4H3. The molecule has 6 nitrogen and oxygen atoms in total. The number of nitrogens with zero attached hydrogens (tertiary/aromatic N) is 2. The Bertz CT molecular complexity index is 1050. The van der Waals surface area contributed by atoms with Gasteiger partial charge in [-0.25, -0.2) is 13.1 Å². The van der Waals surface area contributed by atoms with Crippen molar-refractivity contribution in [1.29, 1.82) is 0 Å². The van der Waals surface area contributed by atoms with Crippen molar-refractivity contribution in [3.05, 3.63) is 72.1 Å². The number of hydrogen-bond donors (Lipinski definition) is 1. The van der Waals surface area contributed by atoms with Gasteiger partial charge in [0.2, 0.25) is 15.9 Å². The zero-order valence-corrected chi connectivity index (χ0v) is 20.8. The number of pyridine rings is 1. The summed E-state index contributed by atoms with van der Waals surface area (Å²) in [7, 11) is -1.71. The first-order chi connectivity index (χ1) is 15.7. The third-order valence-electron chi connectivity index (χ3n) is 6.64. The molecule has 1 aromatic carbocycles. The van der Waals surface area contributed by atoms with Crippen molar-refractivity contribution in [3.8, 4) is 0 Å². The third kappa shape index (κ3) is 6.74. The number of nitrogens with one attached hydrogen (secondary N) is 1. The molecule has 0 bridgehead atoms. The Hall–Kier alpha value is -2.51. The molecule has 7 heteroatoms. The Labute approximate surface area is 198 Å². The molecule has 0 saturated heterocycles. The lowest BCUT2D eigenvalue weighted by molar-refractivity contribution is -0.131. The molecule has 0 saturated carbocycles. The maximum atomic E-state index is 12.9. The van der Waals surface area contributed by atoms with Crippen molar-refractivity contribution in [1.82, 2.24) is 14.6 Å². The lowest BCUT2D eigenvalue weighted by Gasteiger charge is -2.37. The molecule has 1 aliphatic carbocycles. The van der Waals surface area contributed by atoms with E-state index in [9.17, 15) is 13.2 Å². The van der Waals surface area contributed by atoms with Gasteiger partial charge in [-0.1, -0.05) is 49.8 Å². The fourth-order valence-electron chi connectivity index (χ4n) is 4.62. The summed E-state index contributed by atoms with van der Waals surface area (Å²) >= 11 is 0. The fraction of sp³-hybridized carbons (Fsp3) is 0.462. The molecule has 3 rings (SSSR count). The van der Waals surface area contributed by atoms with Crippen LogP contribution < -0.4 is 4.72 Å². The molecule has 3 atom stereocenters. The van der Waals surface area contributed by atoms with Crippen LogP contribution in [-0.4, -0.2) is 37.8 Å². The molecule has 1 aliphatic rings. The molecule has 0 spiro atoms. The summed E-state index contributed by atoms with van der Waals surface area (Å²) in [6, 6.07) is 12.3. The van der Waals surface area contributed by atoms with Gasteiger partial charge in [-0.05, 0) is 60.8 Å². The first-order valence-corrected chi connectivity index (χ1v) is 13.0. The first-order valence-electron chi connectivity index (χ1n) is 11.5.